The Kier molecular flexibility index (Phi) is 5.50. The number of Topliss-reactive ketones (excluding diaryl/α,β-unsaturated/α-hetero) is 1. The highest BCUT2D eigenvalue weighted by molar-refractivity contribution is 9.10. The number of para-hydroxylation sites is 1. The highest BCUT2D eigenvalue weighted by Gasteiger charge is 2.42. The predicted octanol–water partition coefficient (Wildman–Crippen LogP) is 5.58. The fourth-order valence-corrected chi connectivity index (χ4v) is 4.75. The molecule has 2 atom stereocenters. The Balaban J connectivity index is 1.79. The van der Waals surface area contributed by atoms with Crippen molar-refractivity contribution in [2.45, 2.75) is 39.0 Å². The standard InChI is InChI=1S/C24H23BrN2O2/c1-14-7-3-4-10-18(14)27-24(29)21-15(2)26-19-11-6-12-20(28)23(19)22(21)16-8-5-9-17(25)13-16/h3-5,7-10,13,21-22H,6,11-12H2,1-2H3,(H,27,29)/t21?,22-/m0/s1. The first-order valence-corrected chi connectivity index (χ1v) is 10.7. The molecule has 1 N–H and O–H groups in total. The first-order valence-electron chi connectivity index (χ1n) is 9.89. The minimum absolute atomic E-state index is 0.112. The Morgan fingerprint density at radius 3 is 2.66 bits per heavy atom. The van der Waals surface area contributed by atoms with Crippen LogP contribution in [-0.4, -0.2) is 17.4 Å². The number of rotatable bonds is 3. The lowest BCUT2D eigenvalue weighted by Gasteiger charge is -2.35. The lowest BCUT2D eigenvalue weighted by atomic mass is 9.71. The molecule has 148 valence electrons. The summed E-state index contributed by atoms with van der Waals surface area (Å²) in [5.41, 5.74) is 5.07. The zero-order valence-electron chi connectivity index (χ0n) is 16.5. The lowest BCUT2D eigenvalue weighted by Crippen LogP contribution is -2.39. The molecule has 5 heteroatoms. The maximum atomic E-state index is 13.4. The zero-order chi connectivity index (χ0) is 20.5. The molecule has 0 radical (unpaired) electrons. The van der Waals surface area contributed by atoms with Gasteiger partial charge in [0.2, 0.25) is 5.91 Å². The van der Waals surface area contributed by atoms with Crippen molar-refractivity contribution in [2.24, 2.45) is 10.9 Å². The van der Waals surface area contributed by atoms with Gasteiger partial charge in [0.25, 0.3) is 0 Å². The van der Waals surface area contributed by atoms with Gasteiger partial charge in [0, 0.05) is 39.5 Å². The van der Waals surface area contributed by atoms with Crippen molar-refractivity contribution in [1.82, 2.24) is 0 Å². The van der Waals surface area contributed by atoms with E-state index < -0.39 is 5.92 Å². The molecule has 0 saturated carbocycles. The second kappa shape index (κ2) is 8.07. The Labute approximate surface area is 179 Å². The van der Waals surface area contributed by atoms with Crippen LogP contribution in [0.15, 0.2) is 69.3 Å². The maximum absolute atomic E-state index is 13.4. The Bertz CT molecular complexity index is 1050. The average molecular weight is 451 g/mol. The van der Waals surface area contributed by atoms with Gasteiger partial charge in [0.15, 0.2) is 5.78 Å². The lowest BCUT2D eigenvalue weighted by molar-refractivity contribution is -0.119. The minimum Gasteiger partial charge on any atom is -0.325 e. The normalized spacial score (nSPS) is 21.5. The molecule has 1 aliphatic heterocycles. The summed E-state index contributed by atoms with van der Waals surface area (Å²) in [6, 6.07) is 15.6. The van der Waals surface area contributed by atoms with Crippen LogP contribution in [0.3, 0.4) is 0 Å². The van der Waals surface area contributed by atoms with Gasteiger partial charge < -0.3 is 5.32 Å². The van der Waals surface area contributed by atoms with Gasteiger partial charge in [-0.3, -0.25) is 14.6 Å². The molecule has 29 heavy (non-hydrogen) atoms. The van der Waals surface area contributed by atoms with E-state index >= 15 is 0 Å². The number of aliphatic imine (C=N–C) groups is 1. The van der Waals surface area contributed by atoms with Crippen molar-refractivity contribution < 1.29 is 9.59 Å². The van der Waals surface area contributed by atoms with Gasteiger partial charge in [-0.1, -0.05) is 46.3 Å². The number of anilines is 1. The average Bonchev–Trinajstić information content (AvgIpc) is 2.69. The fourth-order valence-electron chi connectivity index (χ4n) is 4.33. The summed E-state index contributed by atoms with van der Waals surface area (Å²) in [6.07, 6.45) is 2.12. The van der Waals surface area contributed by atoms with E-state index in [1.807, 2.05) is 62.4 Å². The Morgan fingerprint density at radius 1 is 1.10 bits per heavy atom. The van der Waals surface area contributed by atoms with Crippen molar-refractivity contribution in [3.05, 3.63) is 75.4 Å². The quantitative estimate of drug-likeness (QED) is 0.663. The molecule has 1 heterocycles. The topological polar surface area (TPSA) is 58.5 Å². The number of nitrogens with zero attached hydrogens (tertiary/aromatic N) is 1. The van der Waals surface area contributed by atoms with E-state index in [4.69, 9.17) is 4.99 Å². The molecule has 0 saturated heterocycles. The molecule has 2 aromatic carbocycles. The first kappa shape index (κ1) is 19.8. The highest BCUT2D eigenvalue weighted by Crippen LogP contribution is 2.44. The largest absolute Gasteiger partial charge is 0.325 e. The van der Waals surface area contributed by atoms with Crippen LogP contribution in [-0.2, 0) is 9.59 Å². The van der Waals surface area contributed by atoms with Crippen LogP contribution in [0.4, 0.5) is 5.69 Å². The van der Waals surface area contributed by atoms with Crippen molar-refractivity contribution in [2.75, 3.05) is 5.32 Å². The van der Waals surface area contributed by atoms with Crippen LogP contribution in [0.1, 0.15) is 43.2 Å². The number of allylic oxidation sites excluding steroid dienone is 2. The predicted molar refractivity (Wildman–Crippen MR) is 119 cm³/mol. The number of carbonyl (C=O) groups is 2. The van der Waals surface area contributed by atoms with E-state index in [2.05, 4.69) is 21.2 Å². The second-order valence-corrected chi connectivity index (χ2v) is 8.62. The Hall–Kier alpha value is -2.53. The summed E-state index contributed by atoms with van der Waals surface area (Å²) in [4.78, 5) is 31.1. The maximum Gasteiger partial charge on any atom is 0.234 e. The molecule has 4 rings (SSSR count). The van der Waals surface area contributed by atoms with Crippen LogP contribution in [0.5, 0.6) is 0 Å². The highest BCUT2D eigenvalue weighted by atomic mass is 79.9. The molecule has 1 unspecified atom stereocenters. The number of nitrogens with one attached hydrogen (secondary N) is 1. The van der Waals surface area contributed by atoms with Crippen molar-refractivity contribution in [1.29, 1.82) is 0 Å². The SMILES string of the molecule is CC1=NC2=C(C(=O)CCC2)[C@@H](c2cccc(Br)c2)C1C(=O)Nc1ccccc1C. The van der Waals surface area contributed by atoms with Gasteiger partial charge in [-0.2, -0.15) is 0 Å². The van der Waals surface area contributed by atoms with E-state index in [1.54, 1.807) is 0 Å². The van der Waals surface area contributed by atoms with Gasteiger partial charge >= 0.3 is 0 Å². The third-order valence-electron chi connectivity index (χ3n) is 5.73. The zero-order valence-corrected chi connectivity index (χ0v) is 18.1. The summed E-state index contributed by atoms with van der Waals surface area (Å²) < 4.78 is 0.929. The van der Waals surface area contributed by atoms with E-state index in [0.717, 1.165) is 45.5 Å². The molecule has 4 nitrogen and oxygen atoms in total. The summed E-state index contributed by atoms with van der Waals surface area (Å²) in [7, 11) is 0. The van der Waals surface area contributed by atoms with Gasteiger partial charge in [0.1, 0.15) is 0 Å². The molecule has 2 aromatic rings. The molecule has 0 spiro atoms. The molecular weight excluding hydrogens is 428 g/mol. The van der Waals surface area contributed by atoms with E-state index in [0.29, 0.717) is 12.0 Å². The Morgan fingerprint density at radius 2 is 1.90 bits per heavy atom. The van der Waals surface area contributed by atoms with E-state index in [-0.39, 0.29) is 17.6 Å². The molecule has 0 aromatic heterocycles. The molecule has 0 bridgehead atoms. The number of benzene rings is 2. The molecule has 0 fully saturated rings. The van der Waals surface area contributed by atoms with E-state index in [1.165, 1.54) is 0 Å². The van der Waals surface area contributed by atoms with E-state index in [9.17, 15) is 9.59 Å². The third-order valence-corrected chi connectivity index (χ3v) is 6.22. The number of halogens is 1. The van der Waals surface area contributed by atoms with Crippen molar-refractivity contribution >= 4 is 39.0 Å². The smallest absolute Gasteiger partial charge is 0.234 e. The number of aryl methyl sites for hydroxylation is 1. The van der Waals surface area contributed by atoms with Gasteiger partial charge in [-0.25, -0.2) is 0 Å². The van der Waals surface area contributed by atoms with Crippen molar-refractivity contribution in [3.63, 3.8) is 0 Å². The summed E-state index contributed by atoms with van der Waals surface area (Å²) in [5, 5.41) is 3.07. The second-order valence-electron chi connectivity index (χ2n) is 7.70. The van der Waals surface area contributed by atoms with Crippen LogP contribution >= 0.6 is 15.9 Å². The van der Waals surface area contributed by atoms with Crippen LogP contribution in [0.25, 0.3) is 0 Å². The summed E-state index contributed by atoms with van der Waals surface area (Å²) >= 11 is 3.54. The van der Waals surface area contributed by atoms with Gasteiger partial charge in [0.05, 0.1) is 5.92 Å². The number of carbonyl (C=O) groups excluding carboxylic acids is 2. The third kappa shape index (κ3) is 3.84. The number of hydrogen-bond donors (Lipinski definition) is 1. The summed E-state index contributed by atoms with van der Waals surface area (Å²) in [6.45, 7) is 3.87. The molecular formula is C24H23BrN2O2. The summed E-state index contributed by atoms with van der Waals surface area (Å²) in [5.74, 6) is -0.863. The van der Waals surface area contributed by atoms with Crippen LogP contribution in [0, 0.1) is 12.8 Å². The molecule has 2 aliphatic rings. The van der Waals surface area contributed by atoms with Crippen LogP contribution in [0.2, 0.25) is 0 Å². The number of hydrogen-bond acceptors (Lipinski definition) is 3. The number of amides is 1. The van der Waals surface area contributed by atoms with Gasteiger partial charge in [-0.15, -0.1) is 0 Å². The van der Waals surface area contributed by atoms with Crippen LogP contribution < -0.4 is 5.32 Å². The first-order chi connectivity index (χ1) is 14.0. The fraction of sp³-hybridized carbons (Fsp3) is 0.292. The minimum atomic E-state index is -0.523. The molecule has 1 aliphatic carbocycles. The number of ketones is 1. The van der Waals surface area contributed by atoms with Crippen molar-refractivity contribution in [3.8, 4) is 0 Å². The monoisotopic (exact) mass is 450 g/mol. The van der Waals surface area contributed by atoms with Gasteiger partial charge in [-0.05, 0) is 56.0 Å². The molecule has 1 amide bonds.